The number of carbonyl (C=O) groups excluding carboxylic acids is 2. The van der Waals surface area contributed by atoms with Crippen LogP contribution in [0.1, 0.15) is 21.5 Å². The van der Waals surface area contributed by atoms with Gasteiger partial charge in [0, 0.05) is 18.7 Å². The van der Waals surface area contributed by atoms with Crippen molar-refractivity contribution in [3.8, 4) is 0 Å². The number of alkyl halides is 3. The maximum Gasteiger partial charge on any atom is 0.490 e. The lowest BCUT2D eigenvalue weighted by molar-refractivity contribution is -0.210. The van der Waals surface area contributed by atoms with E-state index in [1.807, 2.05) is 13.0 Å². The van der Waals surface area contributed by atoms with Crippen molar-refractivity contribution in [2.75, 3.05) is 13.1 Å². The van der Waals surface area contributed by atoms with Gasteiger partial charge in [0.2, 0.25) is 0 Å². The summed E-state index contributed by atoms with van der Waals surface area (Å²) in [6.07, 6.45) is -5.89. The zero-order valence-electron chi connectivity index (χ0n) is 12.3. The fraction of sp³-hybridized carbons (Fsp3) is 0.467. The van der Waals surface area contributed by atoms with Crippen LogP contribution in [-0.2, 0) is 16.0 Å². The summed E-state index contributed by atoms with van der Waals surface area (Å²) in [6, 6.07) is 4.75. The lowest BCUT2D eigenvalue weighted by Gasteiger charge is -2.44. The van der Waals surface area contributed by atoms with E-state index in [1.165, 1.54) is 4.90 Å². The molecule has 2 atom stereocenters. The molecule has 0 bridgehead atoms. The number of halogens is 3. The van der Waals surface area contributed by atoms with Gasteiger partial charge in [-0.25, -0.2) is 4.79 Å². The van der Waals surface area contributed by atoms with Gasteiger partial charge in [0.25, 0.3) is 5.91 Å². The van der Waals surface area contributed by atoms with Crippen molar-refractivity contribution < 1.29 is 27.5 Å². The Bertz CT molecular complexity index is 660. The molecule has 3 rings (SSSR count). The third-order valence-corrected chi connectivity index (χ3v) is 4.18. The van der Waals surface area contributed by atoms with E-state index in [-0.39, 0.29) is 12.5 Å². The van der Waals surface area contributed by atoms with Crippen LogP contribution in [0.2, 0.25) is 0 Å². The van der Waals surface area contributed by atoms with Gasteiger partial charge in [-0.3, -0.25) is 10.1 Å². The van der Waals surface area contributed by atoms with Crippen molar-refractivity contribution in [2.45, 2.75) is 31.8 Å². The lowest BCUT2D eigenvalue weighted by Crippen LogP contribution is -2.63. The summed E-state index contributed by atoms with van der Waals surface area (Å²) in [5, 5.41) is 2.75. The van der Waals surface area contributed by atoms with Crippen LogP contribution in [0, 0.1) is 6.92 Å². The molecule has 0 saturated carbocycles. The predicted octanol–water partition coefficient (Wildman–Crippen LogP) is 1.40. The molecule has 1 aromatic rings. The number of nitrogens with zero attached hydrogens (tertiary/aromatic N) is 1. The fourth-order valence-corrected chi connectivity index (χ4v) is 3.14. The molecule has 1 fully saturated rings. The first kappa shape index (κ1) is 15.8. The van der Waals surface area contributed by atoms with E-state index in [1.54, 1.807) is 12.1 Å². The molecule has 0 aromatic heterocycles. The van der Waals surface area contributed by atoms with E-state index in [4.69, 9.17) is 0 Å². The molecule has 2 aliphatic heterocycles. The molecule has 1 aromatic carbocycles. The normalized spacial score (nSPS) is 24.0. The second-order valence-corrected chi connectivity index (χ2v) is 5.66. The Labute approximate surface area is 130 Å². The maximum absolute atomic E-state index is 12.6. The van der Waals surface area contributed by atoms with Gasteiger partial charge in [0.15, 0.2) is 6.23 Å². The number of hydrogen-bond donors (Lipinski definition) is 1. The minimum Gasteiger partial charge on any atom is -0.438 e. The molecule has 2 aliphatic rings. The number of aryl methyl sites for hydroxylation is 1. The highest BCUT2D eigenvalue weighted by Gasteiger charge is 2.47. The molecular weight excluding hydrogens is 313 g/mol. The SMILES string of the molecule is Cc1cccc2c1C(=O)N1CCNC(OC(=O)C(F)(F)F)C1C2. The lowest BCUT2D eigenvalue weighted by atomic mass is 9.88. The Hall–Kier alpha value is -2.09. The molecule has 2 unspecified atom stereocenters. The van der Waals surface area contributed by atoms with Crippen LogP contribution in [0.5, 0.6) is 0 Å². The van der Waals surface area contributed by atoms with Gasteiger partial charge < -0.3 is 9.64 Å². The number of piperazine rings is 1. The van der Waals surface area contributed by atoms with Gasteiger partial charge in [0.1, 0.15) is 0 Å². The van der Waals surface area contributed by atoms with Crippen molar-refractivity contribution in [1.82, 2.24) is 10.2 Å². The molecule has 124 valence electrons. The van der Waals surface area contributed by atoms with Crippen molar-refractivity contribution in [3.63, 3.8) is 0 Å². The first-order chi connectivity index (χ1) is 10.8. The number of amides is 1. The number of ether oxygens (including phenoxy) is 1. The van der Waals surface area contributed by atoms with Crippen LogP contribution < -0.4 is 5.32 Å². The molecule has 2 heterocycles. The summed E-state index contributed by atoms with van der Waals surface area (Å²) in [6.45, 7) is 2.44. The predicted molar refractivity (Wildman–Crippen MR) is 73.6 cm³/mol. The van der Waals surface area contributed by atoms with E-state index < -0.39 is 24.4 Å². The summed E-state index contributed by atoms with van der Waals surface area (Å²) in [4.78, 5) is 25.2. The molecule has 0 spiro atoms. The highest BCUT2D eigenvalue weighted by molar-refractivity contribution is 5.98. The molecule has 23 heavy (non-hydrogen) atoms. The highest BCUT2D eigenvalue weighted by Crippen LogP contribution is 2.30. The Morgan fingerprint density at radius 1 is 1.39 bits per heavy atom. The Balaban J connectivity index is 1.88. The van der Waals surface area contributed by atoms with Gasteiger partial charge in [-0.15, -0.1) is 0 Å². The Kier molecular flexibility index (Phi) is 3.79. The molecule has 0 aliphatic carbocycles. The van der Waals surface area contributed by atoms with Crippen LogP contribution in [0.25, 0.3) is 0 Å². The number of benzene rings is 1. The molecule has 5 nitrogen and oxygen atoms in total. The topological polar surface area (TPSA) is 58.6 Å². The number of carbonyl (C=O) groups is 2. The highest BCUT2D eigenvalue weighted by atomic mass is 19.4. The van der Waals surface area contributed by atoms with E-state index >= 15 is 0 Å². The van der Waals surface area contributed by atoms with Crippen molar-refractivity contribution in [3.05, 3.63) is 34.9 Å². The molecule has 1 N–H and O–H groups in total. The first-order valence-electron chi connectivity index (χ1n) is 7.19. The van der Waals surface area contributed by atoms with E-state index in [0.717, 1.165) is 11.1 Å². The van der Waals surface area contributed by atoms with Gasteiger partial charge in [-0.05, 0) is 24.5 Å². The zero-order chi connectivity index (χ0) is 16.8. The van der Waals surface area contributed by atoms with Gasteiger partial charge in [0.05, 0.1) is 6.04 Å². The third kappa shape index (κ3) is 2.78. The average molecular weight is 328 g/mol. The van der Waals surface area contributed by atoms with Crippen molar-refractivity contribution in [1.29, 1.82) is 0 Å². The van der Waals surface area contributed by atoms with Gasteiger partial charge >= 0.3 is 12.1 Å². The van der Waals surface area contributed by atoms with E-state index in [9.17, 15) is 22.8 Å². The molecular formula is C15H15F3N2O3. The minimum atomic E-state index is -5.06. The average Bonchev–Trinajstić information content (AvgIpc) is 2.47. The maximum atomic E-state index is 12.6. The van der Waals surface area contributed by atoms with Crippen LogP contribution in [0.4, 0.5) is 13.2 Å². The number of fused-ring (bicyclic) bond motifs is 2. The van der Waals surface area contributed by atoms with Crippen LogP contribution in [0.15, 0.2) is 18.2 Å². The van der Waals surface area contributed by atoms with Gasteiger partial charge in [-0.2, -0.15) is 13.2 Å². The largest absolute Gasteiger partial charge is 0.490 e. The second kappa shape index (κ2) is 5.52. The monoisotopic (exact) mass is 328 g/mol. The fourth-order valence-electron chi connectivity index (χ4n) is 3.14. The minimum absolute atomic E-state index is 0.232. The summed E-state index contributed by atoms with van der Waals surface area (Å²) in [5.74, 6) is -2.48. The number of nitrogens with one attached hydrogen (secondary N) is 1. The molecule has 1 amide bonds. The number of hydrogen-bond acceptors (Lipinski definition) is 4. The third-order valence-electron chi connectivity index (χ3n) is 4.18. The van der Waals surface area contributed by atoms with Crippen molar-refractivity contribution >= 4 is 11.9 Å². The Morgan fingerprint density at radius 2 is 2.13 bits per heavy atom. The van der Waals surface area contributed by atoms with Crippen LogP contribution in [-0.4, -0.2) is 48.3 Å². The van der Waals surface area contributed by atoms with E-state index in [2.05, 4.69) is 10.1 Å². The molecule has 8 heteroatoms. The summed E-state index contributed by atoms with van der Waals surface area (Å²) in [7, 11) is 0. The van der Waals surface area contributed by atoms with Crippen molar-refractivity contribution in [2.24, 2.45) is 0 Å². The first-order valence-corrected chi connectivity index (χ1v) is 7.19. The number of rotatable bonds is 1. The van der Waals surface area contributed by atoms with Crippen LogP contribution >= 0.6 is 0 Å². The van der Waals surface area contributed by atoms with Gasteiger partial charge in [-0.1, -0.05) is 18.2 Å². The molecule has 0 radical (unpaired) electrons. The zero-order valence-corrected chi connectivity index (χ0v) is 12.3. The second-order valence-electron chi connectivity index (χ2n) is 5.66. The Morgan fingerprint density at radius 3 is 2.83 bits per heavy atom. The van der Waals surface area contributed by atoms with Crippen LogP contribution in [0.3, 0.4) is 0 Å². The van der Waals surface area contributed by atoms with E-state index in [0.29, 0.717) is 18.5 Å². The standard InChI is InChI=1S/C15H15F3N2O3/c1-8-3-2-4-9-7-10-12(23-14(22)15(16,17)18)19-5-6-20(10)13(21)11(8)9/h2-4,10,12,19H,5-7H2,1H3. The smallest absolute Gasteiger partial charge is 0.438 e. The summed E-state index contributed by atoms with van der Waals surface area (Å²) in [5.41, 5.74) is 2.17. The molecule has 1 saturated heterocycles. The number of esters is 1. The quantitative estimate of drug-likeness (QED) is 0.792. The summed E-state index contributed by atoms with van der Waals surface area (Å²) < 4.78 is 41.8. The summed E-state index contributed by atoms with van der Waals surface area (Å²) >= 11 is 0.